The lowest BCUT2D eigenvalue weighted by molar-refractivity contribution is 0.0724. The molecule has 1 saturated heterocycles. The molecule has 0 spiro atoms. The van der Waals surface area contributed by atoms with E-state index < -0.39 is 0 Å². The molecule has 4 heteroatoms. The van der Waals surface area contributed by atoms with Gasteiger partial charge in [-0.15, -0.1) is 0 Å². The van der Waals surface area contributed by atoms with Gasteiger partial charge in [-0.2, -0.15) is 0 Å². The fourth-order valence-corrected chi connectivity index (χ4v) is 3.44. The van der Waals surface area contributed by atoms with Crippen molar-refractivity contribution in [3.63, 3.8) is 0 Å². The Hall–Kier alpha value is -2.62. The quantitative estimate of drug-likeness (QED) is 0.717. The zero-order valence-electron chi connectivity index (χ0n) is 13.9. The topological polar surface area (TPSA) is 37.6 Å². The molecule has 1 amide bonds. The summed E-state index contributed by atoms with van der Waals surface area (Å²) >= 11 is 0. The summed E-state index contributed by atoms with van der Waals surface area (Å²) in [5.41, 5.74) is 4.75. The molecule has 3 heterocycles. The van der Waals surface area contributed by atoms with Gasteiger partial charge in [0.25, 0.3) is 5.91 Å². The van der Waals surface area contributed by atoms with E-state index in [0.29, 0.717) is 0 Å². The standard InChI is InChI=1S/C20H21N3O/c1-15-19(16-8-4-2-5-9-16)21-18-11-10-17(14-23(15)18)20(24)22-12-6-3-7-13-22/h2,4-5,8-11,14H,3,6-7,12-13H2,1H3. The Balaban J connectivity index is 1.73. The minimum atomic E-state index is 0.131. The van der Waals surface area contributed by atoms with Gasteiger partial charge in [0.1, 0.15) is 5.65 Å². The Morgan fingerprint density at radius 3 is 2.50 bits per heavy atom. The number of likely N-dealkylation sites (tertiary alicyclic amines) is 1. The predicted molar refractivity (Wildman–Crippen MR) is 95.1 cm³/mol. The number of carbonyl (C=O) groups is 1. The third-order valence-electron chi connectivity index (χ3n) is 4.79. The average Bonchev–Trinajstić information content (AvgIpc) is 2.99. The number of aromatic nitrogens is 2. The number of piperidine rings is 1. The molecule has 3 aromatic rings. The van der Waals surface area contributed by atoms with Crippen LogP contribution in [0.2, 0.25) is 0 Å². The Kier molecular flexibility index (Phi) is 3.81. The minimum Gasteiger partial charge on any atom is -0.339 e. The van der Waals surface area contributed by atoms with Crippen LogP contribution in [0.25, 0.3) is 16.9 Å². The van der Waals surface area contributed by atoms with Crippen molar-refractivity contribution in [3.8, 4) is 11.3 Å². The van der Waals surface area contributed by atoms with Gasteiger partial charge in [-0.1, -0.05) is 30.3 Å². The molecule has 1 aliphatic rings. The van der Waals surface area contributed by atoms with Gasteiger partial charge >= 0.3 is 0 Å². The second kappa shape index (κ2) is 6.11. The summed E-state index contributed by atoms with van der Waals surface area (Å²) < 4.78 is 2.03. The molecule has 0 bridgehead atoms. The summed E-state index contributed by atoms with van der Waals surface area (Å²) in [6, 6.07) is 14.0. The molecule has 1 aliphatic heterocycles. The monoisotopic (exact) mass is 319 g/mol. The number of hydrogen-bond donors (Lipinski definition) is 0. The first-order chi connectivity index (χ1) is 11.7. The molecular formula is C20H21N3O. The maximum atomic E-state index is 12.7. The van der Waals surface area contributed by atoms with Gasteiger partial charge in [-0.3, -0.25) is 4.79 Å². The van der Waals surface area contributed by atoms with E-state index >= 15 is 0 Å². The van der Waals surface area contributed by atoms with Crippen LogP contribution in [0, 0.1) is 6.92 Å². The number of rotatable bonds is 2. The van der Waals surface area contributed by atoms with Crippen molar-refractivity contribution in [1.82, 2.24) is 14.3 Å². The second-order valence-corrected chi connectivity index (χ2v) is 6.41. The number of benzene rings is 1. The molecule has 24 heavy (non-hydrogen) atoms. The molecule has 0 N–H and O–H groups in total. The van der Waals surface area contributed by atoms with Crippen LogP contribution in [0.4, 0.5) is 0 Å². The second-order valence-electron chi connectivity index (χ2n) is 6.41. The van der Waals surface area contributed by atoms with Crippen molar-refractivity contribution in [2.45, 2.75) is 26.2 Å². The smallest absolute Gasteiger partial charge is 0.255 e. The molecule has 0 unspecified atom stereocenters. The van der Waals surface area contributed by atoms with Crippen LogP contribution in [0.5, 0.6) is 0 Å². The van der Waals surface area contributed by atoms with Gasteiger partial charge in [0.05, 0.1) is 11.3 Å². The van der Waals surface area contributed by atoms with Gasteiger partial charge in [-0.05, 0) is 38.3 Å². The van der Waals surface area contributed by atoms with Crippen LogP contribution in [0.1, 0.15) is 35.3 Å². The SMILES string of the molecule is Cc1c(-c2ccccc2)nc2ccc(C(=O)N3CCCCC3)cn12. The number of aryl methyl sites for hydroxylation is 1. The number of pyridine rings is 1. The largest absolute Gasteiger partial charge is 0.339 e. The summed E-state index contributed by atoms with van der Waals surface area (Å²) in [4.78, 5) is 19.4. The Bertz CT molecular complexity index is 877. The van der Waals surface area contributed by atoms with Gasteiger partial charge in [0.15, 0.2) is 0 Å². The molecule has 1 fully saturated rings. The number of imidazole rings is 1. The van der Waals surface area contributed by atoms with Crippen LogP contribution in [-0.4, -0.2) is 33.3 Å². The summed E-state index contributed by atoms with van der Waals surface area (Å²) in [6.07, 6.45) is 5.37. The third kappa shape index (κ3) is 2.58. The van der Waals surface area contributed by atoms with E-state index in [9.17, 15) is 4.79 Å². The van der Waals surface area contributed by atoms with Crippen molar-refractivity contribution >= 4 is 11.6 Å². The zero-order chi connectivity index (χ0) is 16.5. The normalized spacial score (nSPS) is 15.0. The lowest BCUT2D eigenvalue weighted by atomic mass is 10.1. The summed E-state index contributed by atoms with van der Waals surface area (Å²) in [7, 11) is 0. The highest BCUT2D eigenvalue weighted by atomic mass is 16.2. The highest BCUT2D eigenvalue weighted by Gasteiger charge is 2.19. The fraction of sp³-hybridized carbons (Fsp3) is 0.300. The number of amides is 1. The van der Waals surface area contributed by atoms with Crippen molar-refractivity contribution in [2.75, 3.05) is 13.1 Å². The highest BCUT2D eigenvalue weighted by molar-refractivity contribution is 5.94. The van der Waals surface area contributed by atoms with Crippen molar-refractivity contribution in [3.05, 3.63) is 59.9 Å². The fourth-order valence-electron chi connectivity index (χ4n) is 3.44. The number of nitrogens with zero attached hydrogens (tertiary/aromatic N) is 3. The van der Waals surface area contributed by atoms with Crippen LogP contribution in [-0.2, 0) is 0 Å². The lowest BCUT2D eigenvalue weighted by Crippen LogP contribution is -2.35. The maximum Gasteiger partial charge on any atom is 0.255 e. The van der Waals surface area contributed by atoms with Crippen molar-refractivity contribution in [2.24, 2.45) is 0 Å². The Morgan fingerprint density at radius 2 is 1.75 bits per heavy atom. The molecule has 0 radical (unpaired) electrons. The number of carbonyl (C=O) groups excluding carboxylic acids is 1. The lowest BCUT2D eigenvalue weighted by Gasteiger charge is -2.26. The molecule has 0 atom stereocenters. The van der Waals surface area contributed by atoms with Gasteiger partial charge in [-0.25, -0.2) is 4.98 Å². The van der Waals surface area contributed by atoms with Crippen LogP contribution >= 0.6 is 0 Å². The zero-order valence-corrected chi connectivity index (χ0v) is 13.9. The predicted octanol–water partition coefficient (Wildman–Crippen LogP) is 3.94. The molecule has 4 rings (SSSR count). The van der Waals surface area contributed by atoms with Crippen molar-refractivity contribution < 1.29 is 4.79 Å². The molecule has 2 aromatic heterocycles. The van der Waals surface area contributed by atoms with E-state index in [2.05, 4.69) is 19.1 Å². The van der Waals surface area contributed by atoms with E-state index in [4.69, 9.17) is 4.98 Å². The summed E-state index contributed by atoms with van der Waals surface area (Å²) in [6.45, 7) is 3.79. The first-order valence-corrected chi connectivity index (χ1v) is 8.57. The summed E-state index contributed by atoms with van der Waals surface area (Å²) in [5.74, 6) is 0.131. The summed E-state index contributed by atoms with van der Waals surface area (Å²) in [5, 5.41) is 0. The van der Waals surface area contributed by atoms with Crippen LogP contribution in [0.3, 0.4) is 0 Å². The van der Waals surface area contributed by atoms with Crippen LogP contribution in [0.15, 0.2) is 48.7 Å². The first-order valence-electron chi connectivity index (χ1n) is 8.57. The minimum absolute atomic E-state index is 0.131. The molecular weight excluding hydrogens is 298 g/mol. The highest BCUT2D eigenvalue weighted by Crippen LogP contribution is 2.24. The van der Waals surface area contributed by atoms with Crippen LogP contribution < -0.4 is 0 Å². The van der Waals surface area contributed by atoms with Crippen molar-refractivity contribution in [1.29, 1.82) is 0 Å². The van der Waals surface area contributed by atoms with E-state index in [0.717, 1.165) is 54.1 Å². The number of hydrogen-bond acceptors (Lipinski definition) is 2. The molecule has 0 saturated carbocycles. The van der Waals surface area contributed by atoms with E-state index in [1.165, 1.54) is 6.42 Å². The van der Waals surface area contributed by atoms with Gasteiger partial charge in [0.2, 0.25) is 0 Å². The Labute approximate surface area is 141 Å². The first kappa shape index (κ1) is 14.9. The van der Waals surface area contributed by atoms with E-state index in [-0.39, 0.29) is 5.91 Å². The maximum absolute atomic E-state index is 12.7. The van der Waals surface area contributed by atoms with E-state index in [1.54, 1.807) is 0 Å². The molecule has 1 aromatic carbocycles. The third-order valence-corrected chi connectivity index (χ3v) is 4.79. The molecule has 122 valence electrons. The number of fused-ring (bicyclic) bond motifs is 1. The molecule has 0 aliphatic carbocycles. The van der Waals surface area contributed by atoms with E-state index in [1.807, 2.05) is 45.8 Å². The van der Waals surface area contributed by atoms with Gasteiger partial charge < -0.3 is 9.30 Å². The van der Waals surface area contributed by atoms with Gasteiger partial charge in [0, 0.05) is 30.5 Å². The Morgan fingerprint density at radius 1 is 1.00 bits per heavy atom. The average molecular weight is 319 g/mol. The molecule has 4 nitrogen and oxygen atoms in total.